The van der Waals surface area contributed by atoms with E-state index >= 15 is 0 Å². The van der Waals surface area contributed by atoms with Crippen LogP contribution in [0.1, 0.15) is 46.0 Å². The van der Waals surface area contributed by atoms with Crippen molar-refractivity contribution in [1.82, 2.24) is 0 Å². The maximum atomic E-state index is 14.2. The third kappa shape index (κ3) is 1.72. The van der Waals surface area contributed by atoms with Crippen LogP contribution in [0, 0.1) is 28.6 Å². The van der Waals surface area contributed by atoms with Gasteiger partial charge in [0, 0.05) is 5.41 Å². The highest BCUT2D eigenvalue weighted by molar-refractivity contribution is 6.01. The van der Waals surface area contributed by atoms with E-state index in [0.29, 0.717) is 18.3 Å². The first-order valence-corrected chi connectivity index (χ1v) is 8.62. The molecular weight excluding hydrogens is 279 g/mol. The number of carbonyl (C=O) groups excluding carboxylic acids is 1. The molecule has 3 saturated carbocycles. The molecule has 1 N–H and O–H groups in total. The predicted molar refractivity (Wildman–Crippen MR) is 82.9 cm³/mol. The standard InChI is InChI=1S/C19H25FO2/c1-18-7-5-12(21)9-11(18)3-4-13-14(18)6-8-19(2)15(13)10-16(20)17(19)22/h5,7,9,13-17,22H,3-4,6,8,10H2,1-2H3/t13-,14+,15+,16-,17-,18+,19+/m1/s1. The van der Waals surface area contributed by atoms with Gasteiger partial charge in [0.2, 0.25) is 0 Å². The lowest BCUT2D eigenvalue weighted by Gasteiger charge is -2.56. The van der Waals surface area contributed by atoms with E-state index in [1.165, 1.54) is 5.57 Å². The quantitative estimate of drug-likeness (QED) is 0.742. The van der Waals surface area contributed by atoms with Crippen LogP contribution in [0.15, 0.2) is 23.8 Å². The van der Waals surface area contributed by atoms with Gasteiger partial charge in [0.1, 0.15) is 6.17 Å². The summed E-state index contributed by atoms with van der Waals surface area (Å²) >= 11 is 0. The fourth-order valence-corrected chi connectivity index (χ4v) is 6.14. The van der Waals surface area contributed by atoms with Gasteiger partial charge in [-0.1, -0.05) is 25.5 Å². The summed E-state index contributed by atoms with van der Waals surface area (Å²) < 4.78 is 14.2. The Bertz CT molecular complexity index is 580. The maximum Gasteiger partial charge on any atom is 0.178 e. The van der Waals surface area contributed by atoms with Crippen LogP contribution in [0.2, 0.25) is 0 Å². The highest BCUT2D eigenvalue weighted by Gasteiger charge is 2.61. The second-order valence-electron chi connectivity index (χ2n) is 8.34. The molecule has 0 bridgehead atoms. The van der Waals surface area contributed by atoms with E-state index in [9.17, 15) is 14.3 Å². The number of halogens is 1. The van der Waals surface area contributed by atoms with Crippen molar-refractivity contribution >= 4 is 5.78 Å². The predicted octanol–water partition coefficient (Wildman–Crippen LogP) is 3.60. The second kappa shape index (κ2) is 4.53. The Hall–Kier alpha value is -0.960. The van der Waals surface area contributed by atoms with Gasteiger partial charge in [0.25, 0.3) is 0 Å². The number of aliphatic hydroxyl groups excluding tert-OH is 1. The molecule has 0 aliphatic heterocycles. The monoisotopic (exact) mass is 304 g/mol. The molecule has 4 aliphatic carbocycles. The third-order valence-corrected chi connectivity index (χ3v) is 7.49. The molecular formula is C19H25FO2. The van der Waals surface area contributed by atoms with Gasteiger partial charge < -0.3 is 5.11 Å². The number of ketones is 1. The molecule has 4 aliphatic rings. The van der Waals surface area contributed by atoms with Crippen LogP contribution in [0.4, 0.5) is 4.39 Å². The number of hydrogen-bond acceptors (Lipinski definition) is 2. The van der Waals surface area contributed by atoms with Crippen molar-refractivity contribution in [3.8, 4) is 0 Å². The smallest absolute Gasteiger partial charge is 0.178 e. The van der Waals surface area contributed by atoms with Crippen molar-refractivity contribution < 1.29 is 14.3 Å². The zero-order chi connectivity index (χ0) is 15.7. The number of aliphatic hydroxyl groups is 1. The Morgan fingerprint density at radius 1 is 1.27 bits per heavy atom. The van der Waals surface area contributed by atoms with Crippen LogP contribution in [0.5, 0.6) is 0 Å². The minimum Gasteiger partial charge on any atom is -0.390 e. The summed E-state index contributed by atoms with van der Waals surface area (Å²) in [6.45, 7) is 4.34. The molecule has 3 fully saturated rings. The molecule has 0 heterocycles. The van der Waals surface area contributed by atoms with Gasteiger partial charge in [0.15, 0.2) is 5.78 Å². The number of alkyl halides is 1. The Labute approximate surface area is 131 Å². The van der Waals surface area contributed by atoms with Gasteiger partial charge in [-0.05, 0) is 67.4 Å². The van der Waals surface area contributed by atoms with Crippen molar-refractivity contribution in [1.29, 1.82) is 0 Å². The van der Waals surface area contributed by atoms with Crippen LogP contribution in [0.3, 0.4) is 0 Å². The summed E-state index contributed by atoms with van der Waals surface area (Å²) in [5.41, 5.74) is 0.962. The molecule has 0 aromatic carbocycles. The molecule has 0 radical (unpaired) electrons. The number of allylic oxidation sites excluding steroid dienone is 4. The highest BCUT2D eigenvalue weighted by atomic mass is 19.1. The zero-order valence-corrected chi connectivity index (χ0v) is 13.4. The number of carbonyl (C=O) groups is 1. The highest BCUT2D eigenvalue weighted by Crippen LogP contribution is 2.64. The SMILES string of the molecule is C[C@]12CC[C@H]3[C@@H](CCC4=CC(=O)C=C[C@@]43C)[C@@H]1C[C@@H](F)[C@H]2O. The number of fused-ring (bicyclic) bond motifs is 5. The molecule has 7 atom stereocenters. The molecule has 4 rings (SSSR count). The summed E-state index contributed by atoms with van der Waals surface area (Å²) in [5, 5.41) is 10.3. The first-order valence-electron chi connectivity index (χ1n) is 8.62. The van der Waals surface area contributed by atoms with Gasteiger partial charge in [-0.3, -0.25) is 4.79 Å². The van der Waals surface area contributed by atoms with Crippen molar-refractivity contribution in [3.63, 3.8) is 0 Å². The fourth-order valence-electron chi connectivity index (χ4n) is 6.14. The maximum absolute atomic E-state index is 14.2. The molecule has 0 unspecified atom stereocenters. The molecule has 0 spiro atoms. The fraction of sp³-hybridized carbons (Fsp3) is 0.737. The van der Waals surface area contributed by atoms with E-state index in [0.717, 1.165) is 25.7 Å². The molecule has 0 aromatic rings. The largest absolute Gasteiger partial charge is 0.390 e. The van der Waals surface area contributed by atoms with E-state index in [4.69, 9.17) is 0 Å². The Balaban J connectivity index is 1.71. The molecule has 0 amide bonds. The Morgan fingerprint density at radius 3 is 2.82 bits per heavy atom. The van der Waals surface area contributed by atoms with Crippen LogP contribution < -0.4 is 0 Å². The average Bonchev–Trinajstić information content (AvgIpc) is 2.72. The van der Waals surface area contributed by atoms with Gasteiger partial charge in [-0.2, -0.15) is 0 Å². The topological polar surface area (TPSA) is 37.3 Å². The molecule has 2 nitrogen and oxygen atoms in total. The average molecular weight is 304 g/mol. The van der Waals surface area contributed by atoms with Gasteiger partial charge in [-0.25, -0.2) is 4.39 Å². The lowest BCUT2D eigenvalue weighted by molar-refractivity contribution is -0.111. The summed E-state index contributed by atoms with van der Waals surface area (Å²) in [6, 6.07) is 0. The van der Waals surface area contributed by atoms with E-state index in [1.807, 2.05) is 6.08 Å². The first-order chi connectivity index (χ1) is 10.4. The normalized spacial score (nSPS) is 53.5. The zero-order valence-electron chi connectivity index (χ0n) is 13.4. The Kier molecular flexibility index (Phi) is 3.01. The molecule has 3 heteroatoms. The van der Waals surface area contributed by atoms with Crippen molar-refractivity contribution in [2.75, 3.05) is 0 Å². The molecule has 120 valence electrons. The summed E-state index contributed by atoms with van der Waals surface area (Å²) in [4.78, 5) is 11.7. The van der Waals surface area contributed by atoms with E-state index in [1.54, 1.807) is 6.08 Å². The summed E-state index contributed by atoms with van der Waals surface area (Å²) in [6.07, 6.45) is 8.17. The minimum atomic E-state index is -1.07. The van der Waals surface area contributed by atoms with Gasteiger partial charge in [-0.15, -0.1) is 0 Å². The first kappa shape index (κ1) is 14.6. The van der Waals surface area contributed by atoms with Crippen LogP contribution in [-0.4, -0.2) is 23.2 Å². The van der Waals surface area contributed by atoms with Crippen LogP contribution >= 0.6 is 0 Å². The van der Waals surface area contributed by atoms with E-state index in [2.05, 4.69) is 19.9 Å². The summed E-state index contributed by atoms with van der Waals surface area (Å²) in [7, 11) is 0. The van der Waals surface area contributed by atoms with E-state index < -0.39 is 12.3 Å². The third-order valence-electron chi connectivity index (χ3n) is 7.49. The van der Waals surface area contributed by atoms with Crippen LogP contribution in [-0.2, 0) is 4.79 Å². The van der Waals surface area contributed by atoms with Crippen molar-refractivity contribution in [2.45, 2.75) is 58.2 Å². The van der Waals surface area contributed by atoms with Gasteiger partial charge in [0.05, 0.1) is 6.10 Å². The lowest BCUT2D eigenvalue weighted by Crippen LogP contribution is -2.50. The number of rotatable bonds is 0. The van der Waals surface area contributed by atoms with Crippen LogP contribution in [0.25, 0.3) is 0 Å². The Morgan fingerprint density at radius 2 is 2.05 bits per heavy atom. The molecule has 0 saturated heterocycles. The van der Waals surface area contributed by atoms with E-state index in [-0.39, 0.29) is 22.5 Å². The van der Waals surface area contributed by atoms with Gasteiger partial charge >= 0.3 is 0 Å². The molecule has 22 heavy (non-hydrogen) atoms. The minimum absolute atomic E-state index is 0.0441. The summed E-state index contributed by atoms with van der Waals surface area (Å²) in [5.74, 6) is 1.33. The lowest BCUT2D eigenvalue weighted by atomic mass is 9.48. The second-order valence-corrected chi connectivity index (χ2v) is 8.34. The number of hydrogen-bond donors (Lipinski definition) is 1. The molecule has 0 aromatic heterocycles. The van der Waals surface area contributed by atoms with Crippen molar-refractivity contribution in [2.24, 2.45) is 28.6 Å². The van der Waals surface area contributed by atoms with Crippen molar-refractivity contribution in [3.05, 3.63) is 23.8 Å².